The van der Waals surface area contributed by atoms with Crippen molar-refractivity contribution >= 4 is 23.3 Å². The molecule has 0 aliphatic heterocycles. The molecule has 0 fully saturated rings. The number of rotatable bonds is 6. The summed E-state index contributed by atoms with van der Waals surface area (Å²) in [5, 5.41) is 0. The highest BCUT2D eigenvalue weighted by Crippen LogP contribution is 2.19. The molecular formula is C14H18O2S. The van der Waals surface area contributed by atoms with Gasteiger partial charge in [0.15, 0.2) is 5.78 Å². The van der Waals surface area contributed by atoms with Gasteiger partial charge in [-0.3, -0.25) is 9.59 Å². The first-order valence-corrected chi connectivity index (χ1v) is 6.73. The molecule has 0 heterocycles. The Kier molecular flexibility index (Phi) is 5.42. The summed E-state index contributed by atoms with van der Waals surface area (Å²) in [7, 11) is 0. The Morgan fingerprint density at radius 2 is 1.76 bits per heavy atom. The summed E-state index contributed by atoms with van der Waals surface area (Å²) < 4.78 is 0. The van der Waals surface area contributed by atoms with Gasteiger partial charge in [0.25, 0.3) is 0 Å². The van der Waals surface area contributed by atoms with Crippen LogP contribution in [0.3, 0.4) is 0 Å². The van der Waals surface area contributed by atoms with Crippen molar-refractivity contribution < 1.29 is 9.59 Å². The highest BCUT2D eigenvalue weighted by molar-refractivity contribution is 8.00. The van der Waals surface area contributed by atoms with E-state index in [-0.39, 0.29) is 11.6 Å². The predicted octanol–water partition coefficient (Wildman–Crippen LogP) is 3.60. The molecule has 0 spiro atoms. The quantitative estimate of drug-likeness (QED) is 0.571. The molecule has 0 saturated carbocycles. The molecule has 1 rings (SSSR count). The molecule has 92 valence electrons. The van der Waals surface area contributed by atoms with Crippen LogP contribution in [0, 0.1) is 5.92 Å². The molecular weight excluding hydrogens is 232 g/mol. The van der Waals surface area contributed by atoms with Crippen molar-refractivity contribution in [2.75, 3.05) is 5.75 Å². The summed E-state index contributed by atoms with van der Waals surface area (Å²) in [6.45, 7) is 5.65. The molecule has 0 aliphatic carbocycles. The summed E-state index contributed by atoms with van der Waals surface area (Å²) in [6.07, 6.45) is 0.583. The Morgan fingerprint density at radius 3 is 2.24 bits per heavy atom. The van der Waals surface area contributed by atoms with Gasteiger partial charge in [-0.2, -0.15) is 0 Å². The van der Waals surface area contributed by atoms with Gasteiger partial charge >= 0.3 is 0 Å². The minimum Gasteiger partial charge on any atom is -0.299 e. The number of Topliss-reactive ketones (excluding diaryl/α,β-unsaturated/α-hetero) is 2. The maximum absolute atomic E-state index is 11.8. The zero-order valence-electron chi connectivity index (χ0n) is 10.5. The van der Waals surface area contributed by atoms with E-state index in [9.17, 15) is 9.59 Å². The van der Waals surface area contributed by atoms with E-state index in [0.29, 0.717) is 18.1 Å². The van der Waals surface area contributed by atoms with Crippen molar-refractivity contribution in [3.8, 4) is 0 Å². The Bertz CT molecular complexity index is 393. The summed E-state index contributed by atoms with van der Waals surface area (Å²) in [4.78, 5) is 23.6. The van der Waals surface area contributed by atoms with E-state index in [4.69, 9.17) is 0 Å². The molecule has 2 nitrogen and oxygen atoms in total. The average molecular weight is 250 g/mol. The third-order valence-electron chi connectivity index (χ3n) is 2.21. The first-order valence-electron chi connectivity index (χ1n) is 5.74. The van der Waals surface area contributed by atoms with Gasteiger partial charge in [0.1, 0.15) is 5.78 Å². The smallest absolute Gasteiger partial charge is 0.163 e. The lowest BCUT2D eigenvalue weighted by Crippen LogP contribution is -2.03. The molecule has 0 aliphatic rings. The summed E-state index contributed by atoms with van der Waals surface area (Å²) in [5.41, 5.74) is 0.755. The van der Waals surface area contributed by atoms with Crippen molar-refractivity contribution in [2.24, 2.45) is 5.92 Å². The largest absolute Gasteiger partial charge is 0.299 e. The molecule has 0 unspecified atom stereocenters. The van der Waals surface area contributed by atoms with E-state index < -0.39 is 0 Å². The lowest BCUT2D eigenvalue weighted by molar-refractivity contribution is -0.114. The van der Waals surface area contributed by atoms with Crippen molar-refractivity contribution in [2.45, 2.75) is 32.1 Å². The number of thioether (sulfide) groups is 1. The fraction of sp³-hybridized carbons (Fsp3) is 0.429. The van der Waals surface area contributed by atoms with Gasteiger partial charge in [0.2, 0.25) is 0 Å². The Morgan fingerprint density at radius 1 is 1.18 bits per heavy atom. The normalized spacial score (nSPS) is 10.6. The third kappa shape index (κ3) is 5.18. The van der Waals surface area contributed by atoms with Gasteiger partial charge in [-0.05, 0) is 25.0 Å². The summed E-state index contributed by atoms with van der Waals surface area (Å²) in [6, 6.07) is 7.49. The summed E-state index contributed by atoms with van der Waals surface area (Å²) in [5.74, 6) is 1.21. The molecule has 17 heavy (non-hydrogen) atoms. The fourth-order valence-corrected chi connectivity index (χ4v) is 2.11. The maximum Gasteiger partial charge on any atom is 0.163 e. The lowest BCUT2D eigenvalue weighted by Gasteiger charge is -2.05. The van der Waals surface area contributed by atoms with Crippen LogP contribution in [0.4, 0.5) is 0 Å². The van der Waals surface area contributed by atoms with Crippen LogP contribution in [-0.4, -0.2) is 17.3 Å². The van der Waals surface area contributed by atoms with Crippen molar-refractivity contribution in [3.05, 3.63) is 29.8 Å². The number of ketones is 2. The topological polar surface area (TPSA) is 34.1 Å². The molecule has 0 bridgehead atoms. The molecule has 0 saturated heterocycles. The molecule has 3 heteroatoms. The van der Waals surface area contributed by atoms with Crippen LogP contribution in [0.25, 0.3) is 0 Å². The van der Waals surface area contributed by atoms with Crippen LogP contribution in [0.2, 0.25) is 0 Å². The Labute approximate surface area is 107 Å². The second-order valence-electron chi connectivity index (χ2n) is 4.54. The first-order chi connectivity index (χ1) is 7.99. The number of benzene rings is 1. The van der Waals surface area contributed by atoms with Crippen LogP contribution in [0.15, 0.2) is 29.2 Å². The number of hydrogen-bond acceptors (Lipinski definition) is 3. The van der Waals surface area contributed by atoms with Gasteiger partial charge in [-0.1, -0.05) is 26.0 Å². The van der Waals surface area contributed by atoms with E-state index in [2.05, 4.69) is 0 Å². The van der Waals surface area contributed by atoms with Crippen LogP contribution >= 0.6 is 11.8 Å². The minimum absolute atomic E-state index is 0.162. The van der Waals surface area contributed by atoms with Crippen molar-refractivity contribution in [1.82, 2.24) is 0 Å². The highest BCUT2D eigenvalue weighted by Gasteiger charge is 2.08. The minimum atomic E-state index is 0.162. The lowest BCUT2D eigenvalue weighted by atomic mass is 10.0. The van der Waals surface area contributed by atoms with Gasteiger partial charge in [-0.15, -0.1) is 11.8 Å². The predicted molar refractivity (Wildman–Crippen MR) is 71.6 cm³/mol. The first kappa shape index (κ1) is 14.0. The second kappa shape index (κ2) is 6.60. The molecule has 0 amide bonds. The highest BCUT2D eigenvalue weighted by atomic mass is 32.2. The van der Waals surface area contributed by atoms with E-state index in [1.807, 2.05) is 38.1 Å². The molecule has 0 radical (unpaired) electrons. The van der Waals surface area contributed by atoms with E-state index in [0.717, 1.165) is 10.5 Å². The molecule has 0 atom stereocenters. The molecule has 0 N–H and O–H groups in total. The van der Waals surface area contributed by atoms with Gasteiger partial charge in [-0.25, -0.2) is 0 Å². The molecule has 0 aromatic heterocycles. The molecule has 1 aromatic carbocycles. The van der Waals surface area contributed by atoms with Gasteiger partial charge in [0.05, 0.1) is 5.75 Å². The summed E-state index contributed by atoms with van der Waals surface area (Å²) >= 11 is 1.50. The number of hydrogen-bond donors (Lipinski definition) is 0. The fourth-order valence-electron chi connectivity index (χ4n) is 1.41. The van der Waals surface area contributed by atoms with Gasteiger partial charge < -0.3 is 0 Å². The van der Waals surface area contributed by atoms with Crippen molar-refractivity contribution in [3.63, 3.8) is 0 Å². The Balaban J connectivity index is 2.61. The number of carbonyl (C=O) groups excluding carboxylic acids is 2. The van der Waals surface area contributed by atoms with E-state index >= 15 is 0 Å². The van der Waals surface area contributed by atoms with Crippen molar-refractivity contribution in [1.29, 1.82) is 0 Å². The van der Waals surface area contributed by atoms with E-state index in [1.165, 1.54) is 11.8 Å². The Hall–Kier alpha value is -1.09. The van der Waals surface area contributed by atoms with Gasteiger partial charge in [0, 0.05) is 16.9 Å². The van der Waals surface area contributed by atoms with Crippen LogP contribution in [0.5, 0.6) is 0 Å². The zero-order valence-corrected chi connectivity index (χ0v) is 11.3. The SMILES string of the molecule is CC(=O)CSc1ccc(C(=O)CC(C)C)cc1. The maximum atomic E-state index is 11.8. The average Bonchev–Trinajstić information content (AvgIpc) is 2.26. The van der Waals surface area contributed by atoms with E-state index in [1.54, 1.807) is 6.92 Å². The number of carbonyl (C=O) groups is 2. The van der Waals surface area contributed by atoms with Crippen LogP contribution in [0.1, 0.15) is 37.6 Å². The standard InChI is InChI=1S/C14H18O2S/c1-10(2)8-14(16)12-4-6-13(7-5-12)17-9-11(3)15/h4-7,10H,8-9H2,1-3H3. The third-order valence-corrected chi connectivity index (χ3v) is 3.37. The zero-order chi connectivity index (χ0) is 12.8. The second-order valence-corrected chi connectivity index (χ2v) is 5.58. The molecule has 1 aromatic rings. The van der Waals surface area contributed by atoms with Crippen LogP contribution < -0.4 is 0 Å². The monoisotopic (exact) mass is 250 g/mol. The van der Waals surface area contributed by atoms with Crippen LogP contribution in [-0.2, 0) is 4.79 Å².